The van der Waals surface area contributed by atoms with Gasteiger partial charge < -0.3 is 9.73 Å². The molecule has 0 aliphatic rings. The molecule has 1 aromatic carbocycles. The maximum Gasteiger partial charge on any atom is 0.287 e. The molecule has 0 radical (unpaired) electrons. The Morgan fingerprint density at radius 2 is 1.72 bits per heavy atom. The quantitative estimate of drug-likeness (QED) is 0.739. The number of sulfone groups is 1. The maximum atomic E-state index is 12.5. The van der Waals surface area contributed by atoms with Gasteiger partial charge in [0.2, 0.25) is 14.9 Å². The largest absolute Gasteiger partial charge is 0.439 e. The second-order valence-corrected chi connectivity index (χ2v) is 7.43. The summed E-state index contributed by atoms with van der Waals surface area (Å²) in [6.07, 6.45) is 3.23. The Morgan fingerprint density at radius 1 is 1.04 bits per heavy atom. The molecule has 6 nitrogen and oxygen atoms in total. The van der Waals surface area contributed by atoms with Crippen LogP contribution in [-0.4, -0.2) is 19.3 Å². The van der Waals surface area contributed by atoms with Crippen LogP contribution in [0, 0.1) is 0 Å². The van der Waals surface area contributed by atoms with E-state index in [0.29, 0.717) is 5.02 Å². The number of hydrogen-bond donors (Lipinski definition) is 1. The molecular weight excluding hydrogens is 364 g/mol. The van der Waals surface area contributed by atoms with Crippen molar-refractivity contribution in [2.45, 2.75) is 16.5 Å². The van der Waals surface area contributed by atoms with Crippen molar-refractivity contribution in [1.29, 1.82) is 0 Å². The molecule has 0 atom stereocenters. The molecule has 128 valence electrons. The minimum absolute atomic E-state index is 0.0370. The number of benzene rings is 1. The molecule has 1 N–H and O–H groups in total. The molecule has 0 saturated carbocycles. The summed E-state index contributed by atoms with van der Waals surface area (Å²) < 4.78 is 30.2. The molecule has 25 heavy (non-hydrogen) atoms. The third kappa shape index (κ3) is 3.89. The fourth-order valence-corrected chi connectivity index (χ4v) is 3.39. The van der Waals surface area contributed by atoms with E-state index in [1.165, 1.54) is 36.4 Å². The predicted octanol–water partition coefficient (Wildman–Crippen LogP) is 3.09. The van der Waals surface area contributed by atoms with Gasteiger partial charge in [-0.2, -0.15) is 0 Å². The van der Waals surface area contributed by atoms with Gasteiger partial charge in [0.1, 0.15) is 0 Å². The van der Waals surface area contributed by atoms with E-state index >= 15 is 0 Å². The number of pyridine rings is 1. The van der Waals surface area contributed by atoms with Gasteiger partial charge in [-0.25, -0.2) is 8.42 Å². The van der Waals surface area contributed by atoms with E-state index in [-0.39, 0.29) is 22.3 Å². The number of rotatable bonds is 5. The predicted molar refractivity (Wildman–Crippen MR) is 91.0 cm³/mol. The van der Waals surface area contributed by atoms with Crippen LogP contribution in [0.5, 0.6) is 0 Å². The Morgan fingerprint density at radius 3 is 2.40 bits per heavy atom. The first-order chi connectivity index (χ1) is 12.0. The Hall–Kier alpha value is -2.64. The van der Waals surface area contributed by atoms with Crippen molar-refractivity contribution in [2.24, 2.45) is 0 Å². The lowest BCUT2D eigenvalue weighted by atomic mass is 10.2. The lowest BCUT2D eigenvalue weighted by molar-refractivity contribution is 0.0918. The molecule has 0 spiro atoms. The fraction of sp³-hybridized carbons (Fsp3) is 0.0588. The Labute approximate surface area is 149 Å². The number of hydrogen-bond acceptors (Lipinski definition) is 5. The second-order valence-electron chi connectivity index (χ2n) is 5.11. The molecule has 0 aliphatic heterocycles. The highest BCUT2D eigenvalue weighted by atomic mass is 35.5. The van der Waals surface area contributed by atoms with Crippen molar-refractivity contribution in [3.05, 3.63) is 77.3 Å². The number of halogens is 1. The minimum atomic E-state index is -3.85. The third-order valence-electron chi connectivity index (χ3n) is 3.40. The van der Waals surface area contributed by atoms with Crippen molar-refractivity contribution >= 4 is 27.3 Å². The normalized spacial score (nSPS) is 11.2. The average Bonchev–Trinajstić information content (AvgIpc) is 3.12. The van der Waals surface area contributed by atoms with Crippen molar-refractivity contribution in [3.63, 3.8) is 0 Å². The SMILES string of the molecule is O=C(NCc1ccncc1)c1ccc(S(=O)(=O)c2ccc(Cl)cc2)o1. The van der Waals surface area contributed by atoms with E-state index in [2.05, 4.69) is 10.3 Å². The molecule has 0 bridgehead atoms. The van der Waals surface area contributed by atoms with Crippen LogP contribution in [0.2, 0.25) is 5.02 Å². The van der Waals surface area contributed by atoms with Gasteiger partial charge in [0.25, 0.3) is 5.91 Å². The molecule has 1 amide bonds. The topological polar surface area (TPSA) is 89.3 Å². The van der Waals surface area contributed by atoms with Crippen LogP contribution in [0.1, 0.15) is 16.1 Å². The molecule has 0 fully saturated rings. The van der Waals surface area contributed by atoms with Crippen molar-refractivity contribution < 1.29 is 17.6 Å². The van der Waals surface area contributed by atoms with E-state index in [1.54, 1.807) is 24.5 Å². The second kappa shape index (κ2) is 7.08. The fourth-order valence-electron chi connectivity index (χ4n) is 2.09. The molecule has 0 saturated heterocycles. The molecular formula is C17H13ClN2O4S. The molecule has 8 heteroatoms. The summed E-state index contributed by atoms with van der Waals surface area (Å²) in [5.41, 5.74) is 0.865. The van der Waals surface area contributed by atoms with E-state index in [4.69, 9.17) is 16.0 Å². The summed E-state index contributed by atoms with van der Waals surface area (Å²) in [5, 5.41) is 2.78. The summed E-state index contributed by atoms with van der Waals surface area (Å²) in [6, 6.07) is 11.8. The Bertz CT molecular complexity index is 983. The van der Waals surface area contributed by atoms with Crippen molar-refractivity contribution in [1.82, 2.24) is 10.3 Å². The zero-order valence-electron chi connectivity index (χ0n) is 12.8. The van der Waals surface area contributed by atoms with E-state index in [9.17, 15) is 13.2 Å². The van der Waals surface area contributed by atoms with Crippen LogP contribution in [0.25, 0.3) is 0 Å². The third-order valence-corrected chi connectivity index (χ3v) is 5.29. The number of amides is 1. The standard InChI is InChI=1S/C17H13ClN2O4S/c18-13-1-3-14(4-2-13)25(22,23)16-6-5-15(24-16)17(21)20-11-12-7-9-19-10-8-12/h1-10H,11H2,(H,20,21). The van der Waals surface area contributed by atoms with Gasteiger partial charge in [-0.3, -0.25) is 9.78 Å². The van der Waals surface area contributed by atoms with Gasteiger partial charge in [-0.1, -0.05) is 11.6 Å². The van der Waals surface area contributed by atoms with Crippen LogP contribution in [0.15, 0.2) is 75.3 Å². The summed E-state index contributed by atoms with van der Waals surface area (Å²) in [6.45, 7) is 0.279. The molecule has 2 aromatic heterocycles. The Kier molecular flexibility index (Phi) is 4.87. The molecule has 0 unspecified atom stereocenters. The molecule has 0 aliphatic carbocycles. The first-order valence-electron chi connectivity index (χ1n) is 7.24. The number of carbonyl (C=O) groups is 1. The number of furan rings is 1. The lowest BCUT2D eigenvalue weighted by Gasteiger charge is -2.03. The Balaban J connectivity index is 1.75. The van der Waals surface area contributed by atoms with Gasteiger partial charge in [0.15, 0.2) is 5.76 Å². The number of aromatic nitrogens is 1. The van der Waals surface area contributed by atoms with Gasteiger partial charge in [0.05, 0.1) is 4.90 Å². The van der Waals surface area contributed by atoms with Crippen LogP contribution in [0.3, 0.4) is 0 Å². The van der Waals surface area contributed by atoms with Crippen LogP contribution < -0.4 is 5.32 Å². The minimum Gasteiger partial charge on any atom is -0.439 e. The van der Waals surface area contributed by atoms with E-state index in [1.807, 2.05) is 0 Å². The van der Waals surface area contributed by atoms with Gasteiger partial charge in [0, 0.05) is 24.0 Å². The maximum absolute atomic E-state index is 12.5. The molecule has 2 heterocycles. The van der Waals surface area contributed by atoms with E-state index < -0.39 is 15.7 Å². The zero-order valence-corrected chi connectivity index (χ0v) is 14.4. The monoisotopic (exact) mass is 376 g/mol. The summed E-state index contributed by atoms with van der Waals surface area (Å²) in [5.74, 6) is -0.587. The first kappa shape index (κ1) is 17.2. The van der Waals surface area contributed by atoms with Gasteiger partial charge >= 0.3 is 0 Å². The number of nitrogens with one attached hydrogen (secondary N) is 1. The summed E-state index contributed by atoms with van der Waals surface area (Å²) in [4.78, 5) is 16.0. The summed E-state index contributed by atoms with van der Waals surface area (Å²) >= 11 is 5.76. The lowest BCUT2D eigenvalue weighted by Crippen LogP contribution is -2.22. The highest BCUT2D eigenvalue weighted by Crippen LogP contribution is 2.24. The van der Waals surface area contributed by atoms with Crippen LogP contribution in [-0.2, 0) is 16.4 Å². The summed E-state index contributed by atoms with van der Waals surface area (Å²) in [7, 11) is -3.85. The average molecular weight is 377 g/mol. The van der Waals surface area contributed by atoms with Crippen molar-refractivity contribution in [2.75, 3.05) is 0 Å². The molecule has 3 rings (SSSR count). The van der Waals surface area contributed by atoms with E-state index in [0.717, 1.165) is 5.56 Å². The van der Waals surface area contributed by atoms with Crippen LogP contribution >= 0.6 is 11.6 Å². The highest BCUT2D eigenvalue weighted by Gasteiger charge is 2.23. The van der Waals surface area contributed by atoms with Crippen LogP contribution in [0.4, 0.5) is 0 Å². The number of nitrogens with zero attached hydrogens (tertiary/aromatic N) is 1. The first-order valence-corrected chi connectivity index (χ1v) is 9.10. The number of carbonyl (C=O) groups excluding carboxylic acids is 1. The highest BCUT2D eigenvalue weighted by molar-refractivity contribution is 7.91. The van der Waals surface area contributed by atoms with Gasteiger partial charge in [-0.15, -0.1) is 0 Å². The zero-order chi connectivity index (χ0) is 17.9. The molecule has 3 aromatic rings. The van der Waals surface area contributed by atoms with Crippen molar-refractivity contribution in [3.8, 4) is 0 Å². The smallest absolute Gasteiger partial charge is 0.287 e. The van der Waals surface area contributed by atoms with Gasteiger partial charge in [-0.05, 0) is 54.1 Å².